The zero-order valence-electron chi connectivity index (χ0n) is 37.7. The molecule has 3 aliphatic rings. The summed E-state index contributed by atoms with van der Waals surface area (Å²) >= 11 is 0. The average molecular weight is 1000 g/mol. The molecule has 0 fully saturated rings. The number of nitrogens with zero attached hydrogens (tertiary/aromatic N) is 2. The number of unbranched alkanes of at least 4 members (excludes halogenated alkanes) is 2. The predicted molar refractivity (Wildman–Crippen MR) is 255 cm³/mol. The Morgan fingerprint density at radius 1 is 0.701 bits per heavy atom. The Labute approximate surface area is 393 Å². The second kappa shape index (κ2) is 19.7. The number of hydrogen-bond acceptors (Lipinski definition) is 10. The highest BCUT2D eigenvalue weighted by atomic mass is 32.2. The van der Waals surface area contributed by atoms with Crippen LogP contribution in [0, 0.1) is 0 Å². The molecule has 5 N–H and O–H groups in total. The van der Waals surface area contributed by atoms with E-state index in [1.807, 2.05) is 85.7 Å². The van der Waals surface area contributed by atoms with E-state index in [0.717, 1.165) is 39.3 Å². The predicted octanol–water partition coefficient (Wildman–Crippen LogP) is 7.71. The third-order valence-corrected chi connectivity index (χ3v) is 16.0. The fraction of sp³-hybridized carbons (Fsp3) is 0.404. The summed E-state index contributed by atoms with van der Waals surface area (Å²) in [4.78, 5) is 12.8. The van der Waals surface area contributed by atoms with Crippen molar-refractivity contribution in [2.75, 3.05) is 29.5 Å². The Kier molecular flexibility index (Phi) is 15.1. The zero-order valence-corrected chi connectivity index (χ0v) is 41.0. The summed E-state index contributed by atoms with van der Waals surface area (Å²) in [6.45, 7) is 8.36. The number of carboxylic acids is 1. The zero-order chi connectivity index (χ0) is 49.3. The lowest BCUT2D eigenvalue weighted by Gasteiger charge is -2.27. The monoisotopic (exact) mass is 1000 g/mol. The SMILES string of the molecule is CC1(C)C(=CC=C2CCC(C=CC3=[N+](CCCCS(=O)(=O)O)c4ccc(S(=O)(=O)O)cc4C3(C)C)=C2c2cccc(CCCC(=O)O)c2)N(CCCCS(=O)(=O)O)c2ccc(S(=O)(=O)O)cc21. The molecule has 0 atom stereocenters. The van der Waals surface area contributed by atoms with E-state index in [1.54, 1.807) is 12.1 Å². The minimum absolute atomic E-state index is 0.00464. The van der Waals surface area contributed by atoms with Crippen LogP contribution in [0.3, 0.4) is 0 Å². The summed E-state index contributed by atoms with van der Waals surface area (Å²) in [6.07, 6.45) is 11.1. The maximum absolute atomic E-state index is 12.3. The van der Waals surface area contributed by atoms with Crippen LogP contribution in [0.4, 0.5) is 11.4 Å². The van der Waals surface area contributed by atoms with Gasteiger partial charge in [-0.3, -0.25) is 23.0 Å². The largest absolute Gasteiger partial charge is 0.481 e. The highest BCUT2D eigenvalue weighted by molar-refractivity contribution is 7.86. The molecule has 20 heteroatoms. The van der Waals surface area contributed by atoms with Crippen LogP contribution < -0.4 is 4.90 Å². The molecular formula is C47H57N2O14S4+. The minimum atomic E-state index is -4.54. The molecule has 6 rings (SSSR count). The second-order valence-corrected chi connectivity index (χ2v) is 24.1. The van der Waals surface area contributed by atoms with Crippen molar-refractivity contribution < 1.29 is 66.4 Å². The number of aliphatic carboxylic acids is 1. The van der Waals surface area contributed by atoms with Crippen molar-refractivity contribution in [3.8, 4) is 0 Å². The molecule has 2 aliphatic heterocycles. The van der Waals surface area contributed by atoms with E-state index in [0.29, 0.717) is 74.1 Å². The van der Waals surface area contributed by atoms with E-state index in [4.69, 9.17) is 0 Å². The van der Waals surface area contributed by atoms with Crippen LogP contribution >= 0.6 is 0 Å². The fourth-order valence-corrected chi connectivity index (χ4v) is 11.5. The van der Waals surface area contributed by atoms with E-state index in [1.165, 1.54) is 24.3 Å². The van der Waals surface area contributed by atoms with E-state index in [9.17, 15) is 61.8 Å². The number of anilines is 1. The smallest absolute Gasteiger partial charge is 0.303 e. The molecule has 16 nitrogen and oxygen atoms in total. The number of benzene rings is 3. The van der Waals surface area contributed by atoms with Gasteiger partial charge in [-0.25, -0.2) is 0 Å². The Balaban J connectivity index is 1.48. The van der Waals surface area contributed by atoms with Crippen LogP contribution in [0.15, 0.2) is 112 Å². The maximum atomic E-state index is 12.3. The Morgan fingerprint density at radius 3 is 1.96 bits per heavy atom. The summed E-state index contributed by atoms with van der Waals surface area (Å²) in [5, 5.41) is 9.31. The molecule has 0 bridgehead atoms. The molecule has 0 saturated heterocycles. The summed E-state index contributed by atoms with van der Waals surface area (Å²) < 4.78 is 136. The van der Waals surface area contributed by atoms with Gasteiger partial charge in [0.1, 0.15) is 6.54 Å². The molecule has 0 amide bonds. The van der Waals surface area contributed by atoms with Crippen molar-refractivity contribution in [1.29, 1.82) is 0 Å². The van der Waals surface area contributed by atoms with Gasteiger partial charge in [0.25, 0.3) is 40.5 Å². The van der Waals surface area contributed by atoms with Crippen LogP contribution in [-0.4, -0.2) is 97.8 Å². The fourth-order valence-electron chi connectivity index (χ4n) is 9.34. The van der Waals surface area contributed by atoms with Gasteiger partial charge < -0.3 is 10.0 Å². The standard InChI is InChI=1S/C47H56N2O14S4/c1-46(2)38-30-36(66(58,59)60)19-21-40(38)48(25-5-7-27-64(52,53)54)42(46)23-17-33-15-16-34(45(33)35-13-9-11-32(29-35)12-10-14-44(50)51)18-24-43-47(3,4)39-31-37(67(61,62)63)20-22-41(39)49(43)26-6-8-28-65(55,56)57/h9,11,13,17-24,29-31H,5-8,10,12,14-16,25-28H2,1-4H3,(H4-,50,51,52,53,54,55,56,57,58,59,60,61,62,63)/p+1. The molecule has 3 aromatic rings. The van der Waals surface area contributed by atoms with Crippen LogP contribution in [0.1, 0.15) is 101 Å². The van der Waals surface area contributed by atoms with E-state index < -0.39 is 68.8 Å². The number of rotatable bonds is 20. The normalized spacial score (nSPS) is 18.5. The Hall–Kier alpha value is -4.80. The lowest BCUT2D eigenvalue weighted by Crippen LogP contribution is -2.28. The van der Waals surface area contributed by atoms with Crippen LogP contribution in [-0.2, 0) is 62.5 Å². The van der Waals surface area contributed by atoms with Crippen molar-refractivity contribution >= 4 is 69.1 Å². The van der Waals surface area contributed by atoms with Crippen molar-refractivity contribution in [2.24, 2.45) is 0 Å². The molecule has 0 unspecified atom stereocenters. The van der Waals surface area contributed by atoms with E-state index in [-0.39, 0.29) is 29.1 Å². The molecule has 362 valence electrons. The number of hydrogen-bond donors (Lipinski definition) is 5. The van der Waals surface area contributed by atoms with Gasteiger partial charge in [-0.2, -0.15) is 38.2 Å². The molecular weight excluding hydrogens is 945 g/mol. The van der Waals surface area contributed by atoms with Crippen LogP contribution in [0.2, 0.25) is 0 Å². The molecule has 0 spiro atoms. The number of carboxylic acid groups (broad SMARTS) is 1. The average Bonchev–Trinajstić information content (AvgIpc) is 3.79. The summed E-state index contributed by atoms with van der Waals surface area (Å²) in [5.41, 5.74) is 7.19. The molecule has 2 heterocycles. The maximum Gasteiger partial charge on any atom is 0.303 e. The molecule has 0 radical (unpaired) electrons. The van der Waals surface area contributed by atoms with Crippen molar-refractivity contribution in [3.05, 3.63) is 124 Å². The first kappa shape index (κ1) is 51.6. The van der Waals surface area contributed by atoms with Gasteiger partial charge in [0.2, 0.25) is 5.69 Å². The molecule has 0 aromatic heterocycles. The van der Waals surface area contributed by atoms with Gasteiger partial charge >= 0.3 is 5.97 Å². The van der Waals surface area contributed by atoms with Crippen molar-refractivity contribution in [3.63, 3.8) is 0 Å². The third-order valence-electron chi connectivity index (χ3n) is 12.7. The Bertz CT molecular complexity index is 3090. The van der Waals surface area contributed by atoms with Gasteiger partial charge in [0.05, 0.1) is 26.7 Å². The van der Waals surface area contributed by atoms with Gasteiger partial charge in [-0.05, 0) is 129 Å². The molecule has 1 aliphatic carbocycles. The lowest BCUT2D eigenvalue weighted by atomic mass is 9.81. The number of fused-ring (bicyclic) bond motifs is 2. The second-order valence-electron chi connectivity index (χ2n) is 18.2. The van der Waals surface area contributed by atoms with E-state index >= 15 is 0 Å². The van der Waals surface area contributed by atoms with Gasteiger partial charge in [-0.15, -0.1) is 0 Å². The third kappa shape index (κ3) is 12.3. The Morgan fingerprint density at radius 2 is 1.33 bits per heavy atom. The van der Waals surface area contributed by atoms with Gasteiger partial charge in [-0.1, -0.05) is 50.3 Å². The highest BCUT2D eigenvalue weighted by Crippen LogP contribution is 2.49. The highest BCUT2D eigenvalue weighted by Gasteiger charge is 2.45. The summed E-state index contributed by atoms with van der Waals surface area (Å²) in [7, 11) is -17.5. The quantitative estimate of drug-likeness (QED) is 0.0412. The molecule has 0 saturated carbocycles. The van der Waals surface area contributed by atoms with Gasteiger partial charge in [0, 0.05) is 53.9 Å². The van der Waals surface area contributed by atoms with Crippen LogP contribution in [0.5, 0.6) is 0 Å². The van der Waals surface area contributed by atoms with Gasteiger partial charge in [0.15, 0.2) is 5.71 Å². The van der Waals surface area contributed by atoms with Crippen molar-refractivity contribution in [1.82, 2.24) is 0 Å². The van der Waals surface area contributed by atoms with Crippen molar-refractivity contribution in [2.45, 2.75) is 106 Å². The first-order valence-corrected chi connectivity index (χ1v) is 27.9. The molecule has 3 aromatic carbocycles. The van der Waals surface area contributed by atoms with Crippen LogP contribution in [0.25, 0.3) is 5.57 Å². The first-order valence-electron chi connectivity index (χ1n) is 21.8. The number of aryl methyl sites for hydroxylation is 1. The molecule has 67 heavy (non-hydrogen) atoms. The summed E-state index contributed by atoms with van der Waals surface area (Å²) in [6, 6.07) is 16.6. The topological polar surface area (TPSA) is 261 Å². The lowest BCUT2D eigenvalue weighted by molar-refractivity contribution is -0.438. The van der Waals surface area contributed by atoms with E-state index in [2.05, 4.69) is 0 Å². The summed E-state index contributed by atoms with van der Waals surface area (Å²) in [5.74, 6) is -1.75. The first-order chi connectivity index (χ1) is 31.1. The minimum Gasteiger partial charge on any atom is -0.481 e. The number of allylic oxidation sites excluding steroid dienone is 8. The number of carbonyl (C=O) groups is 1.